The lowest BCUT2D eigenvalue weighted by Crippen LogP contribution is -2.40. The molecule has 96 valence electrons. The molecular weight excluding hydrogens is 200 g/mol. The Hall–Kier alpha value is -0.120. The molecule has 0 saturated carbocycles. The molecule has 1 rings (SSSR count). The molecule has 0 radical (unpaired) electrons. The molecule has 0 amide bonds. The van der Waals surface area contributed by atoms with Crippen molar-refractivity contribution in [2.45, 2.75) is 27.2 Å². The SMILES string of the molecule is CC(C)COCCN1CCCNCC(C)C1. The van der Waals surface area contributed by atoms with Crippen LogP contribution in [0.25, 0.3) is 0 Å². The van der Waals surface area contributed by atoms with Crippen LogP contribution < -0.4 is 5.32 Å². The topological polar surface area (TPSA) is 24.5 Å². The lowest BCUT2D eigenvalue weighted by atomic mass is 10.1. The highest BCUT2D eigenvalue weighted by Crippen LogP contribution is 2.03. The van der Waals surface area contributed by atoms with E-state index in [1.165, 1.54) is 19.5 Å². The predicted molar refractivity (Wildman–Crippen MR) is 68.7 cm³/mol. The normalized spacial score (nSPS) is 24.4. The van der Waals surface area contributed by atoms with E-state index < -0.39 is 0 Å². The van der Waals surface area contributed by atoms with Crippen molar-refractivity contribution in [2.75, 3.05) is 45.9 Å². The van der Waals surface area contributed by atoms with Gasteiger partial charge in [0.25, 0.3) is 0 Å². The second-order valence-corrected chi connectivity index (χ2v) is 5.43. The first-order valence-corrected chi connectivity index (χ1v) is 6.69. The molecule has 3 heteroatoms. The van der Waals surface area contributed by atoms with Crippen molar-refractivity contribution in [1.29, 1.82) is 0 Å². The quantitative estimate of drug-likeness (QED) is 0.723. The third kappa shape index (κ3) is 6.46. The van der Waals surface area contributed by atoms with Gasteiger partial charge in [-0.2, -0.15) is 0 Å². The molecule has 1 saturated heterocycles. The van der Waals surface area contributed by atoms with Crippen LogP contribution in [-0.4, -0.2) is 50.8 Å². The molecular formula is C13H28N2O. The highest BCUT2D eigenvalue weighted by Gasteiger charge is 2.12. The van der Waals surface area contributed by atoms with Crippen molar-refractivity contribution < 1.29 is 4.74 Å². The zero-order valence-electron chi connectivity index (χ0n) is 11.2. The van der Waals surface area contributed by atoms with Crippen LogP contribution >= 0.6 is 0 Å². The van der Waals surface area contributed by atoms with Gasteiger partial charge in [-0.3, -0.25) is 0 Å². The third-order valence-electron chi connectivity index (χ3n) is 2.89. The molecule has 1 N–H and O–H groups in total. The van der Waals surface area contributed by atoms with Gasteiger partial charge in [0.1, 0.15) is 0 Å². The lowest BCUT2D eigenvalue weighted by Gasteiger charge is -2.28. The molecule has 1 aliphatic rings. The van der Waals surface area contributed by atoms with E-state index in [1.807, 2.05) is 0 Å². The van der Waals surface area contributed by atoms with Gasteiger partial charge in [-0.15, -0.1) is 0 Å². The van der Waals surface area contributed by atoms with Gasteiger partial charge in [-0.25, -0.2) is 0 Å². The minimum absolute atomic E-state index is 0.649. The Morgan fingerprint density at radius 2 is 2.25 bits per heavy atom. The minimum atomic E-state index is 0.649. The first-order chi connectivity index (χ1) is 7.68. The Labute approximate surface area is 101 Å². The first kappa shape index (κ1) is 13.9. The van der Waals surface area contributed by atoms with Gasteiger partial charge in [0.2, 0.25) is 0 Å². The highest BCUT2D eigenvalue weighted by molar-refractivity contribution is 4.69. The van der Waals surface area contributed by atoms with Gasteiger partial charge in [0, 0.05) is 19.7 Å². The van der Waals surface area contributed by atoms with E-state index in [-0.39, 0.29) is 0 Å². The van der Waals surface area contributed by atoms with Gasteiger partial charge in [-0.05, 0) is 37.9 Å². The average molecular weight is 228 g/mol. The van der Waals surface area contributed by atoms with Crippen molar-refractivity contribution in [3.05, 3.63) is 0 Å². The summed E-state index contributed by atoms with van der Waals surface area (Å²) in [6.45, 7) is 14.3. The molecule has 0 spiro atoms. The van der Waals surface area contributed by atoms with Gasteiger partial charge < -0.3 is 15.0 Å². The van der Waals surface area contributed by atoms with Gasteiger partial charge in [-0.1, -0.05) is 20.8 Å². The molecule has 1 fully saturated rings. The summed E-state index contributed by atoms with van der Waals surface area (Å²) in [5.74, 6) is 1.40. The predicted octanol–water partition coefficient (Wildman–Crippen LogP) is 1.59. The van der Waals surface area contributed by atoms with Gasteiger partial charge >= 0.3 is 0 Å². The summed E-state index contributed by atoms with van der Waals surface area (Å²) in [7, 11) is 0. The van der Waals surface area contributed by atoms with E-state index in [1.54, 1.807) is 0 Å². The van der Waals surface area contributed by atoms with Crippen LogP contribution in [0.5, 0.6) is 0 Å². The molecule has 0 aromatic carbocycles. The fourth-order valence-electron chi connectivity index (χ4n) is 2.09. The standard InChI is InChI=1S/C13H28N2O/c1-12(2)11-16-8-7-15-6-4-5-14-9-13(3)10-15/h12-14H,4-11H2,1-3H3. The van der Waals surface area contributed by atoms with E-state index >= 15 is 0 Å². The summed E-state index contributed by atoms with van der Waals surface area (Å²) >= 11 is 0. The Bertz CT molecular complexity index is 173. The molecule has 1 atom stereocenters. The Morgan fingerprint density at radius 1 is 1.44 bits per heavy atom. The number of ether oxygens (including phenoxy) is 1. The zero-order valence-corrected chi connectivity index (χ0v) is 11.2. The number of nitrogens with one attached hydrogen (secondary N) is 1. The number of rotatable bonds is 5. The van der Waals surface area contributed by atoms with Crippen LogP contribution in [0.2, 0.25) is 0 Å². The van der Waals surface area contributed by atoms with E-state index in [0.29, 0.717) is 5.92 Å². The molecule has 1 aliphatic heterocycles. The maximum Gasteiger partial charge on any atom is 0.0593 e. The smallest absolute Gasteiger partial charge is 0.0593 e. The van der Waals surface area contributed by atoms with Gasteiger partial charge in [0.05, 0.1) is 6.61 Å². The van der Waals surface area contributed by atoms with Crippen molar-refractivity contribution >= 4 is 0 Å². The zero-order chi connectivity index (χ0) is 11.8. The highest BCUT2D eigenvalue weighted by atomic mass is 16.5. The Kier molecular flexibility index (Phi) is 7.01. The van der Waals surface area contributed by atoms with Crippen LogP contribution in [0.4, 0.5) is 0 Å². The van der Waals surface area contributed by atoms with Crippen molar-refractivity contribution in [1.82, 2.24) is 10.2 Å². The van der Waals surface area contributed by atoms with E-state index in [4.69, 9.17) is 4.74 Å². The summed E-state index contributed by atoms with van der Waals surface area (Å²) in [6.07, 6.45) is 1.26. The summed E-state index contributed by atoms with van der Waals surface area (Å²) in [4.78, 5) is 2.55. The van der Waals surface area contributed by atoms with Crippen molar-refractivity contribution in [3.8, 4) is 0 Å². The van der Waals surface area contributed by atoms with E-state index in [2.05, 4.69) is 31.0 Å². The molecule has 0 bridgehead atoms. The van der Waals surface area contributed by atoms with Crippen LogP contribution in [0.3, 0.4) is 0 Å². The third-order valence-corrected chi connectivity index (χ3v) is 2.89. The number of hydrogen-bond donors (Lipinski definition) is 1. The van der Waals surface area contributed by atoms with Gasteiger partial charge in [0.15, 0.2) is 0 Å². The maximum atomic E-state index is 5.65. The van der Waals surface area contributed by atoms with E-state index in [0.717, 1.165) is 38.8 Å². The summed E-state index contributed by atoms with van der Waals surface area (Å²) in [6, 6.07) is 0. The lowest BCUT2D eigenvalue weighted by molar-refractivity contribution is 0.0793. The molecule has 1 unspecified atom stereocenters. The first-order valence-electron chi connectivity index (χ1n) is 6.69. The van der Waals surface area contributed by atoms with Crippen LogP contribution in [0.15, 0.2) is 0 Å². The second-order valence-electron chi connectivity index (χ2n) is 5.43. The molecule has 1 heterocycles. The summed E-state index contributed by atoms with van der Waals surface area (Å²) < 4.78 is 5.65. The van der Waals surface area contributed by atoms with E-state index in [9.17, 15) is 0 Å². The molecule has 16 heavy (non-hydrogen) atoms. The Morgan fingerprint density at radius 3 is 3.00 bits per heavy atom. The average Bonchev–Trinajstić information content (AvgIpc) is 2.19. The molecule has 0 aromatic heterocycles. The fourth-order valence-corrected chi connectivity index (χ4v) is 2.09. The van der Waals surface area contributed by atoms with Crippen LogP contribution in [-0.2, 0) is 4.74 Å². The van der Waals surface area contributed by atoms with Crippen LogP contribution in [0.1, 0.15) is 27.2 Å². The molecule has 0 aliphatic carbocycles. The van der Waals surface area contributed by atoms with Crippen molar-refractivity contribution in [3.63, 3.8) is 0 Å². The summed E-state index contributed by atoms with van der Waals surface area (Å²) in [5.41, 5.74) is 0. The minimum Gasteiger partial charge on any atom is -0.380 e. The number of nitrogens with zero attached hydrogens (tertiary/aromatic N) is 1. The Balaban J connectivity index is 2.12. The molecule has 0 aromatic rings. The van der Waals surface area contributed by atoms with Crippen molar-refractivity contribution in [2.24, 2.45) is 11.8 Å². The maximum absolute atomic E-state index is 5.65. The summed E-state index contributed by atoms with van der Waals surface area (Å²) in [5, 5.41) is 3.48. The second kappa shape index (κ2) is 8.04. The fraction of sp³-hybridized carbons (Fsp3) is 1.00. The monoisotopic (exact) mass is 228 g/mol. The largest absolute Gasteiger partial charge is 0.380 e. The number of hydrogen-bond acceptors (Lipinski definition) is 3. The van der Waals surface area contributed by atoms with Crippen LogP contribution in [0, 0.1) is 11.8 Å². The molecule has 3 nitrogen and oxygen atoms in total.